The number of aliphatic hydroxyl groups excluding tert-OH is 1. The van der Waals surface area contributed by atoms with Gasteiger partial charge >= 0.3 is 0 Å². The van der Waals surface area contributed by atoms with Crippen molar-refractivity contribution < 1.29 is 5.11 Å². The van der Waals surface area contributed by atoms with Crippen molar-refractivity contribution in [3.63, 3.8) is 0 Å². The Morgan fingerprint density at radius 3 is 2.25 bits per heavy atom. The van der Waals surface area contributed by atoms with E-state index in [-0.39, 0.29) is 6.10 Å². The molecule has 0 saturated heterocycles. The molecule has 2 aromatic rings. The Bertz CT molecular complexity index is 546. The Hall–Kier alpha value is -0.320. The van der Waals surface area contributed by atoms with Crippen LogP contribution < -0.4 is 0 Å². The van der Waals surface area contributed by atoms with E-state index >= 15 is 0 Å². The van der Waals surface area contributed by atoms with Crippen LogP contribution in [0.1, 0.15) is 0 Å². The van der Waals surface area contributed by atoms with E-state index in [1.54, 1.807) is 23.5 Å². The maximum absolute atomic E-state index is 10.0. The average Bonchev–Trinajstić information content (AvgIpc) is 2.46. The van der Waals surface area contributed by atoms with Gasteiger partial charge in [0.2, 0.25) is 0 Å². The third-order valence-electron chi connectivity index (χ3n) is 2.52. The average molecular weight is 345 g/mol. The van der Waals surface area contributed by atoms with E-state index in [0.29, 0.717) is 11.5 Å². The molecular formula is C15H14Cl2OS2. The third kappa shape index (κ3) is 5.23. The molecule has 1 unspecified atom stereocenters. The van der Waals surface area contributed by atoms with E-state index in [2.05, 4.69) is 0 Å². The van der Waals surface area contributed by atoms with Crippen LogP contribution >= 0.6 is 46.7 Å². The van der Waals surface area contributed by atoms with Gasteiger partial charge in [0.1, 0.15) is 0 Å². The van der Waals surface area contributed by atoms with Crippen LogP contribution in [0.15, 0.2) is 58.3 Å². The second-order valence-electron chi connectivity index (χ2n) is 4.16. The van der Waals surface area contributed by atoms with Gasteiger partial charge in [0, 0.05) is 26.3 Å². The topological polar surface area (TPSA) is 20.2 Å². The van der Waals surface area contributed by atoms with E-state index in [9.17, 15) is 5.11 Å². The van der Waals surface area contributed by atoms with Crippen LogP contribution in [-0.2, 0) is 0 Å². The summed E-state index contributed by atoms with van der Waals surface area (Å²) >= 11 is 15.1. The lowest BCUT2D eigenvalue weighted by molar-refractivity contribution is 0.225. The summed E-state index contributed by atoms with van der Waals surface area (Å²) in [4.78, 5) is 2.11. The van der Waals surface area contributed by atoms with E-state index in [1.807, 2.05) is 48.5 Å². The largest absolute Gasteiger partial charge is 0.391 e. The maximum atomic E-state index is 10.0. The fourth-order valence-electron chi connectivity index (χ4n) is 1.52. The molecule has 0 radical (unpaired) electrons. The van der Waals surface area contributed by atoms with Crippen molar-refractivity contribution in [3.05, 3.63) is 58.6 Å². The fraction of sp³-hybridized carbons (Fsp3) is 0.200. The summed E-state index contributed by atoms with van der Waals surface area (Å²) in [5.74, 6) is 1.28. The second kappa shape index (κ2) is 8.20. The van der Waals surface area contributed by atoms with Crippen LogP contribution in [0.4, 0.5) is 0 Å². The van der Waals surface area contributed by atoms with Crippen LogP contribution in [0.25, 0.3) is 0 Å². The van der Waals surface area contributed by atoms with Crippen LogP contribution in [0.3, 0.4) is 0 Å². The normalized spacial score (nSPS) is 12.3. The van der Waals surface area contributed by atoms with Crippen molar-refractivity contribution >= 4 is 46.7 Å². The van der Waals surface area contributed by atoms with Gasteiger partial charge in [-0.2, -0.15) is 0 Å². The molecule has 0 aliphatic rings. The summed E-state index contributed by atoms with van der Waals surface area (Å²) in [6, 6.07) is 15.3. The highest BCUT2D eigenvalue weighted by atomic mass is 35.5. The van der Waals surface area contributed by atoms with Gasteiger partial charge in [-0.25, -0.2) is 0 Å². The number of aliphatic hydroxyl groups is 1. The van der Waals surface area contributed by atoms with Gasteiger partial charge in [0.15, 0.2) is 0 Å². The standard InChI is InChI=1S/C15H14Cl2OS2/c16-11-5-7-13(8-6-11)19-9-12(18)10-20-15-4-2-1-3-14(15)17/h1-8,12,18H,9-10H2. The van der Waals surface area contributed by atoms with E-state index in [1.165, 1.54) is 0 Å². The first kappa shape index (κ1) is 16.1. The predicted octanol–water partition coefficient (Wildman–Crippen LogP) is 5.24. The molecule has 5 heteroatoms. The van der Waals surface area contributed by atoms with Crippen molar-refractivity contribution in [2.75, 3.05) is 11.5 Å². The van der Waals surface area contributed by atoms with Gasteiger partial charge in [-0.3, -0.25) is 0 Å². The quantitative estimate of drug-likeness (QED) is 0.723. The first-order valence-corrected chi connectivity index (χ1v) is 8.81. The highest BCUT2D eigenvalue weighted by molar-refractivity contribution is 8.00. The zero-order chi connectivity index (χ0) is 14.4. The molecule has 0 saturated carbocycles. The molecule has 2 aromatic carbocycles. The van der Waals surface area contributed by atoms with Crippen molar-refractivity contribution in [2.45, 2.75) is 15.9 Å². The van der Waals surface area contributed by atoms with E-state index in [0.717, 1.165) is 19.8 Å². The van der Waals surface area contributed by atoms with Crippen molar-refractivity contribution in [3.8, 4) is 0 Å². The molecule has 20 heavy (non-hydrogen) atoms. The van der Waals surface area contributed by atoms with Crippen LogP contribution in [0.5, 0.6) is 0 Å². The highest BCUT2D eigenvalue weighted by Crippen LogP contribution is 2.28. The molecule has 0 amide bonds. The Kier molecular flexibility index (Phi) is 6.59. The zero-order valence-electron chi connectivity index (χ0n) is 10.6. The summed E-state index contributed by atoms with van der Waals surface area (Å²) in [6.07, 6.45) is -0.378. The number of hydrogen-bond donors (Lipinski definition) is 1. The van der Waals surface area contributed by atoms with Crippen molar-refractivity contribution in [1.29, 1.82) is 0 Å². The fourth-order valence-corrected chi connectivity index (χ4v) is 3.80. The lowest BCUT2D eigenvalue weighted by Crippen LogP contribution is -2.12. The summed E-state index contributed by atoms with van der Waals surface area (Å²) in [5, 5.41) is 11.5. The van der Waals surface area contributed by atoms with Crippen molar-refractivity contribution in [2.24, 2.45) is 0 Å². The molecule has 1 N–H and O–H groups in total. The second-order valence-corrected chi connectivity index (χ2v) is 7.16. The maximum Gasteiger partial charge on any atom is 0.0727 e. The minimum Gasteiger partial charge on any atom is -0.391 e. The molecule has 1 nitrogen and oxygen atoms in total. The van der Waals surface area contributed by atoms with E-state index in [4.69, 9.17) is 23.2 Å². The number of halogens is 2. The van der Waals surface area contributed by atoms with Gasteiger partial charge in [0.25, 0.3) is 0 Å². The number of benzene rings is 2. The van der Waals surface area contributed by atoms with Gasteiger partial charge in [-0.15, -0.1) is 23.5 Å². The minimum absolute atomic E-state index is 0.378. The molecule has 0 bridgehead atoms. The molecule has 2 rings (SSSR count). The Morgan fingerprint density at radius 1 is 0.900 bits per heavy atom. The van der Waals surface area contributed by atoms with Crippen LogP contribution in [0.2, 0.25) is 10.0 Å². The van der Waals surface area contributed by atoms with Crippen molar-refractivity contribution in [1.82, 2.24) is 0 Å². The number of thioether (sulfide) groups is 2. The zero-order valence-corrected chi connectivity index (χ0v) is 13.8. The molecular weight excluding hydrogens is 331 g/mol. The van der Waals surface area contributed by atoms with Crippen LogP contribution in [-0.4, -0.2) is 22.7 Å². The lowest BCUT2D eigenvalue weighted by atomic mass is 10.4. The number of rotatable bonds is 6. The number of hydrogen-bond acceptors (Lipinski definition) is 3. The molecule has 0 fully saturated rings. The van der Waals surface area contributed by atoms with Gasteiger partial charge in [-0.05, 0) is 36.4 Å². The highest BCUT2D eigenvalue weighted by Gasteiger charge is 2.08. The van der Waals surface area contributed by atoms with Gasteiger partial charge < -0.3 is 5.11 Å². The Labute approximate surface area is 137 Å². The summed E-state index contributed by atoms with van der Waals surface area (Å²) < 4.78 is 0. The lowest BCUT2D eigenvalue weighted by Gasteiger charge is -2.10. The summed E-state index contributed by atoms with van der Waals surface area (Å²) in [5.41, 5.74) is 0. The molecule has 0 heterocycles. The minimum atomic E-state index is -0.378. The van der Waals surface area contributed by atoms with Gasteiger partial charge in [0.05, 0.1) is 11.1 Å². The predicted molar refractivity (Wildman–Crippen MR) is 90.4 cm³/mol. The molecule has 106 valence electrons. The van der Waals surface area contributed by atoms with Gasteiger partial charge in [-0.1, -0.05) is 35.3 Å². The first-order chi connectivity index (χ1) is 9.65. The molecule has 0 aromatic heterocycles. The third-order valence-corrected chi connectivity index (χ3v) is 5.59. The molecule has 0 spiro atoms. The smallest absolute Gasteiger partial charge is 0.0727 e. The summed E-state index contributed by atoms with van der Waals surface area (Å²) in [6.45, 7) is 0. The Morgan fingerprint density at radius 2 is 1.55 bits per heavy atom. The van der Waals surface area contributed by atoms with Crippen LogP contribution in [0, 0.1) is 0 Å². The van der Waals surface area contributed by atoms with E-state index < -0.39 is 0 Å². The molecule has 1 atom stereocenters. The molecule has 0 aliphatic carbocycles. The summed E-state index contributed by atoms with van der Waals surface area (Å²) in [7, 11) is 0. The Balaban J connectivity index is 1.77. The monoisotopic (exact) mass is 344 g/mol. The SMILES string of the molecule is OC(CSc1ccc(Cl)cc1)CSc1ccccc1Cl. The first-order valence-electron chi connectivity index (χ1n) is 6.09. The molecule has 0 aliphatic heterocycles.